The predicted octanol–water partition coefficient (Wildman–Crippen LogP) is 4.09. The van der Waals surface area contributed by atoms with E-state index in [1.807, 2.05) is 43.3 Å². The maximum absolute atomic E-state index is 13.2. The monoisotopic (exact) mass is 549 g/mol. The second-order valence-electron chi connectivity index (χ2n) is 9.94. The molecular weight excluding hydrogens is 518 g/mol. The number of piperidine rings is 1. The van der Waals surface area contributed by atoms with Gasteiger partial charge in [-0.2, -0.15) is 0 Å². The smallest absolute Gasteiger partial charge is 0.269 e. The van der Waals surface area contributed by atoms with Crippen molar-refractivity contribution < 1.29 is 14.4 Å². The molecule has 0 spiro atoms. The highest BCUT2D eigenvalue weighted by Crippen LogP contribution is 2.34. The van der Waals surface area contributed by atoms with Gasteiger partial charge < -0.3 is 21.8 Å². The Kier molecular flexibility index (Phi) is 7.91. The molecular formula is C31H31N7O3. The third-order valence-electron chi connectivity index (χ3n) is 7.05. The first-order valence-corrected chi connectivity index (χ1v) is 13.4. The van der Waals surface area contributed by atoms with E-state index in [0.717, 1.165) is 24.0 Å². The second-order valence-corrected chi connectivity index (χ2v) is 9.94. The van der Waals surface area contributed by atoms with Crippen LogP contribution in [0.1, 0.15) is 63.1 Å². The number of hydrogen-bond donors (Lipinski definition) is 3. The number of benzene rings is 2. The molecule has 0 saturated carbocycles. The van der Waals surface area contributed by atoms with Crippen LogP contribution in [0.3, 0.4) is 0 Å². The van der Waals surface area contributed by atoms with Gasteiger partial charge in [0.2, 0.25) is 5.91 Å². The molecule has 41 heavy (non-hydrogen) atoms. The van der Waals surface area contributed by atoms with Gasteiger partial charge in [-0.25, -0.2) is 14.6 Å². The summed E-state index contributed by atoms with van der Waals surface area (Å²) in [6.07, 6.45) is 7.32. The number of amides is 3. The molecule has 0 bridgehead atoms. The van der Waals surface area contributed by atoms with Crippen LogP contribution in [-0.2, 0) is 4.79 Å². The van der Waals surface area contributed by atoms with E-state index in [1.165, 1.54) is 4.68 Å². The number of aryl methyl sites for hydroxylation is 1. The first kappa shape index (κ1) is 27.3. The lowest BCUT2D eigenvalue weighted by atomic mass is 10.0. The number of carbonyl (C=O) groups is 3. The number of nitrogen functional groups attached to an aromatic ring is 1. The molecule has 0 radical (unpaired) electrons. The standard InChI is InChI=1S/C31H31N7O3/c1-20-16-17-34-25(19-20)35-31(41)23-13-11-22(12-14-23)27-28(29(32)40)38(33)30(36-27)24-9-5-6-18-37(24)26(39)15-10-21-7-3-2-4-8-21/h2-4,7-8,10-17,19,24H,5-6,9,18,33H2,1H3,(H2,32,40)(H,34,35,41)/b15-10+. The highest BCUT2D eigenvalue weighted by Gasteiger charge is 2.33. The first-order chi connectivity index (χ1) is 19.8. The normalized spacial score (nSPS) is 15.1. The Morgan fingerprint density at radius 2 is 1.78 bits per heavy atom. The van der Waals surface area contributed by atoms with E-state index in [4.69, 9.17) is 16.6 Å². The van der Waals surface area contributed by atoms with Crippen molar-refractivity contribution in [2.75, 3.05) is 17.7 Å². The number of rotatable bonds is 7. The first-order valence-electron chi connectivity index (χ1n) is 13.4. The summed E-state index contributed by atoms with van der Waals surface area (Å²) in [4.78, 5) is 49.1. The summed E-state index contributed by atoms with van der Waals surface area (Å²) in [5.41, 5.74) is 8.91. The van der Waals surface area contributed by atoms with E-state index in [0.29, 0.717) is 41.4 Å². The summed E-state index contributed by atoms with van der Waals surface area (Å²) in [5.74, 6) is 6.00. The number of anilines is 1. The maximum atomic E-state index is 13.2. The molecule has 10 heteroatoms. The maximum Gasteiger partial charge on any atom is 0.269 e. The lowest BCUT2D eigenvalue weighted by Crippen LogP contribution is -2.39. The summed E-state index contributed by atoms with van der Waals surface area (Å²) >= 11 is 0. The molecule has 1 fully saturated rings. The van der Waals surface area contributed by atoms with Gasteiger partial charge in [0.1, 0.15) is 11.5 Å². The summed E-state index contributed by atoms with van der Waals surface area (Å²) in [7, 11) is 0. The van der Waals surface area contributed by atoms with Crippen LogP contribution in [-0.4, -0.2) is 43.8 Å². The van der Waals surface area contributed by atoms with Crippen molar-refractivity contribution in [3.05, 3.63) is 107 Å². The third kappa shape index (κ3) is 6.01. The van der Waals surface area contributed by atoms with Crippen LogP contribution in [0.5, 0.6) is 0 Å². The molecule has 1 saturated heterocycles. The van der Waals surface area contributed by atoms with Gasteiger partial charge in [-0.1, -0.05) is 42.5 Å². The Labute approximate surface area is 237 Å². The number of carbonyl (C=O) groups excluding carboxylic acids is 3. The number of nitrogens with one attached hydrogen (secondary N) is 1. The van der Waals surface area contributed by atoms with E-state index in [-0.39, 0.29) is 17.5 Å². The molecule has 2 aromatic heterocycles. The van der Waals surface area contributed by atoms with E-state index < -0.39 is 11.9 Å². The highest BCUT2D eigenvalue weighted by atomic mass is 16.2. The molecule has 3 amide bonds. The fourth-order valence-corrected chi connectivity index (χ4v) is 4.99. The van der Waals surface area contributed by atoms with E-state index in [2.05, 4.69) is 10.3 Å². The largest absolute Gasteiger partial charge is 0.364 e. The molecule has 2 aromatic carbocycles. The fourth-order valence-electron chi connectivity index (χ4n) is 4.99. The minimum Gasteiger partial charge on any atom is -0.364 e. The van der Waals surface area contributed by atoms with Crippen LogP contribution in [0.4, 0.5) is 5.82 Å². The average molecular weight is 550 g/mol. The molecule has 4 aromatic rings. The summed E-state index contributed by atoms with van der Waals surface area (Å²) in [6, 6.07) is 19.4. The summed E-state index contributed by atoms with van der Waals surface area (Å²) in [6.45, 7) is 2.45. The van der Waals surface area contributed by atoms with Gasteiger partial charge in [0.25, 0.3) is 11.8 Å². The molecule has 5 N–H and O–H groups in total. The molecule has 1 aliphatic heterocycles. The lowest BCUT2D eigenvalue weighted by molar-refractivity contribution is -0.129. The van der Waals surface area contributed by atoms with Crippen LogP contribution in [0.15, 0.2) is 79.0 Å². The van der Waals surface area contributed by atoms with Crippen LogP contribution in [0.25, 0.3) is 17.3 Å². The Hall–Kier alpha value is -5.25. The number of imidazole rings is 1. The van der Waals surface area contributed by atoms with Gasteiger partial charge >= 0.3 is 0 Å². The number of primary amides is 1. The summed E-state index contributed by atoms with van der Waals surface area (Å²) < 4.78 is 1.19. The Balaban J connectivity index is 1.41. The van der Waals surface area contributed by atoms with Gasteiger partial charge in [-0.05, 0) is 67.7 Å². The zero-order valence-corrected chi connectivity index (χ0v) is 22.7. The molecule has 3 heterocycles. The van der Waals surface area contributed by atoms with Crippen molar-refractivity contribution in [1.82, 2.24) is 19.5 Å². The van der Waals surface area contributed by atoms with Gasteiger partial charge in [-0.3, -0.25) is 14.4 Å². The average Bonchev–Trinajstić information content (AvgIpc) is 3.33. The predicted molar refractivity (Wildman–Crippen MR) is 157 cm³/mol. The van der Waals surface area contributed by atoms with Gasteiger partial charge in [0, 0.05) is 29.9 Å². The Bertz CT molecular complexity index is 1610. The quantitative estimate of drug-likeness (QED) is 0.234. The minimum atomic E-state index is -0.744. The number of nitrogens with two attached hydrogens (primary N) is 2. The topological polar surface area (TPSA) is 149 Å². The number of aromatic nitrogens is 3. The van der Waals surface area contributed by atoms with Gasteiger partial charge in [0.05, 0.1) is 6.04 Å². The number of hydrogen-bond acceptors (Lipinski definition) is 6. The number of nitrogens with zero attached hydrogens (tertiary/aromatic N) is 4. The van der Waals surface area contributed by atoms with E-state index >= 15 is 0 Å². The van der Waals surface area contributed by atoms with Crippen molar-refractivity contribution in [2.45, 2.75) is 32.2 Å². The Morgan fingerprint density at radius 1 is 1.02 bits per heavy atom. The van der Waals surface area contributed by atoms with E-state index in [1.54, 1.807) is 53.6 Å². The third-order valence-corrected chi connectivity index (χ3v) is 7.05. The lowest BCUT2D eigenvalue weighted by Gasteiger charge is -2.34. The SMILES string of the molecule is Cc1ccnc(NC(=O)c2ccc(-c3nc(C4CCCCN4C(=O)/C=C/c4ccccc4)n(N)c3C(N)=O)cc2)c1. The van der Waals surface area contributed by atoms with E-state index in [9.17, 15) is 14.4 Å². The van der Waals surface area contributed by atoms with Gasteiger partial charge in [0.15, 0.2) is 11.5 Å². The highest BCUT2D eigenvalue weighted by molar-refractivity contribution is 6.04. The van der Waals surface area contributed by atoms with Crippen molar-refractivity contribution in [3.8, 4) is 11.3 Å². The van der Waals surface area contributed by atoms with Crippen LogP contribution < -0.4 is 16.9 Å². The second kappa shape index (κ2) is 11.9. The van der Waals surface area contributed by atoms with Crippen molar-refractivity contribution >= 4 is 29.6 Å². The zero-order valence-electron chi connectivity index (χ0n) is 22.7. The Morgan fingerprint density at radius 3 is 2.49 bits per heavy atom. The zero-order chi connectivity index (χ0) is 28.9. The molecule has 5 rings (SSSR count). The molecule has 208 valence electrons. The van der Waals surface area contributed by atoms with Crippen molar-refractivity contribution in [1.29, 1.82) is 0 Å². The van der Waals surface area contributed by atoms with Crippen LogP contribution in [0.2, 0.25) is 0 Å². The molecule has 0 aliphatic carbocycles. The van der Waals surface area contributed by atoms with Crippen LogP contribution >= 0.6 is 0 Å². The number of likely N-dealkylation sites (tertiary alicyclic amines) is 1. The molecule has 10 nitrogen and oxygen atoms in total. The fraction of sp³-hybridized carbons (Fsp3) is 0.194. The number of pyridine rings is 1. The van der Waals surface area contributed by atoms with Crippen molar-refractivity contribution in [3.63, 3.8) is 0 Å². The van der Waals surface area contributed by atoms with Crippen LogP contribution in [0, 0.1) is 6.92 Å². The van der Waals surface area contributed by atoms with Gasteiger partial charge in [-0.15, -0.1) is 0 Å². The van der Waals surface area contributed by atoms with Crippen molar-refractivity contribution in [2.24, 2.45) is 5.73 Å². The minimum absolute atomic E-state index is 0.0268. The summed E-state index contributed by atoms with van der Waals surface area (Å²) in [5, 5.41) is 2.77. The molecule has 1 unspecified atom stereocenters. The molecule has 1 aliphatic rings. The molecule has 1 atom stereocenters.